The average Bonchev–Trinajstić information content (AvgIpc) is 2.91. The molecule has 0 saturated heterocycles. The van der Waals surface area contributed by atoms with Gasteiger partial charge in [0, 0.05) is 28.7 Å². The fourth-order valence-corrected chi connectivity index (χ4v) is 5.09. The summed E-state index contributed by atoms with van der Waals surface area (Å²) in [5.74, 6) is 2.49. The standard InChI is InChI=1S/C17H29NOS2/c1-5-9-18-14(6-8-17(2,3)19-4)16-11-13-12-20-10-7-15(13)21-16/h11,14,18H,5-10,12H2,1-4H3. The summed E-state index contributed by atoms with van der Waals surface area (Å²) in [4.78, 5) is 3.15. The second-order valence-electron chi connectivity index (χ2n) is 6.41. The zero-order chi connectivity index (χ0) is 15.3. The summed E-state index contributed by atoms with van der Waals surface area (Å²) in [7, 11) is 1.82. The van der Waals surface area contributed by atoms with E-state index in [0.29, 0.717) is 6.04 Å². The molecule has 2 heterocycles. The van der Waals surface area contributed by atoms with Crippen molar-refractivity contribution in [3.8, 4) is 0 Å². The lowest BCUT2D eigenvalue weighted by atomic mass is 9.97. The highest BCUT2D eigenvalue weighted by molar-refractivity contribution is 7.98. The molecule has 120 valence electrons. The molecule has 21 heavy (non-hydrogen) atoms. The third-order valence-corrected chi connectivity index (χ3v) is 6.58. The number of thioether (sulfide) groups is 1. The SMILES string of the molecule is CCCNC(CCC(C)(C)OC)c1cc2c(s1)CCSC2. The van der Waals surface area contributed by atoms with E-state index in [4.69, 9.17) is 4.74 Å². The topological polar surface area (TPSA) is 21.3 Å². The van der Waals surface area contributed by atoms with Gasteiger partial charge >= 0.3 is 0 Å². The fraction of sp³-hybridized carbons (Fsp3) is 0.765. The molecule has 0 radical (unpaired) electrons. The summed E-state index contributed by atoms with van der Waals surface area (Å²) in [5, 5.41) is 3.74. The Kier molecular flexibility index (Phi) is 6.60. The number of nitrogens with one attached hydrogen (secondary N) is 1. The lowest BCUT2D eigenvalue weighted by Gasteiger charge is -2.26. The van der Waals surface area contributed by atoms with Gasteiger partial charge in [0.15, 0.2) is 0 Å². The van der Waals surface area contributed by atoms with Crippen molar-refractivity contribution in [2.45, 2.75) is 63.9 Å². The molecule has 2 nitrogen and oxygen atoms in total. The van der Waals surface area contributed by atoms with E-state index < -0.39 is 0 Å². The van der Waals surface area contributed by atoms with Crippen LogP contribution in [0.1, 0.15) is 61.4 Å². The van der Waals surface area contributed by atoms with Gasteiger partial charge in [-0.15, -0.1) is 11.3 Å². The molecule has 0 fully saturated rings. The van der Waals surface area contributed by atoms with Gasteiger partial charge in [0.2, 0.25) is 0 Å². The first-order valence-corrected chi connectivity index (χ1v) is 10.0. The second-order valence-corrected chi connectivity index (χ2v) is 8.68. The van der Waals surface area contributed by atoms with E-state index in [1.54, 1.807) is 10.4 Å². The highest BCUT2D eigenvalue weighted by atomic mass is 32.2. The molecular weight excluding hydrogens is 298 g/mol. The maximum atomic E-state index is 5.58. The van der Waals surface area contributed by atoms with Gasteiger partial charge in [0.25, 0.3) is 0 Å². The van der Waals surface area contributed by atoms with E-state index in [2.05, 4.69) is 43.9 Å². The van der Waals surface area contributed by atoms with Crippen molar-refractivity contribution in [3.63, 3.8) is 0 Å². The molecule has 1 atom stereocenters. The van der Waals surface area contributed by atoms with Crippen LogP contribution in [-0.2, 0) is 16.9 Å². The van der Waals surface area contributed by atoms with Crippen LogP contribution in [0.15, 0.2) is 6.07 Å². The largest absolute Gasteiger partial charge is 0.379 e. The average molecular weight is 328 g/mol. The van der Waals surface area contributed by atoms with E-state index in [0.717, 1.165) is 19.4 Å². The van der Waals surface area contributed by atoms with Gasteiger partial charge in [-0.1, -0.05) is 6.92 Å². The van der Waals surface area contributed by atoms with Gasteiger partial charge in [0.05, 0.1) is 5.60 Å². The maximum Gasteiger partial charge on any atom is 0.0623 e. The Bertz CT molecular complexity index is 418. The Balaban J connectivity index is 2.06. The first-order chi connectivity index (χ1) is 10.1. The van der Waals surface area contributed by atoms with Crippen LogP contribution in [0.25, 0.3) is 0 Å². The Morgan fingerprint density at radius 1 is 1.43 bits per heavy atom. The molecule has 0 aliphatic carbocycles. The molecule has 0 spiro atoms. The zero-order valence-corrected chi connectivity index (χ0v) is 15.5. The first kappa shape index (κ1) is 17.3. The van der Waals surface area contributed by atoms with E-state index in [-0.39, 0.29) is 5.60 Å². The quantitative estimate of drug-likeness (QED) is 0.742. The number of hydrogen-bond acceptors (Lipinski definition) is 4. The van der Waals surface area contributed by atoms with Crippen molar-refractivity contribution < 1.29 is 4.74 Å². The predicted octanol–water partition coefficient (Wildman–Crippen LogP) is 4.78. The summed E-state index contributed by atoms with van der Waals surface area (Å²) < 4.78 is 5.58. The van der Waals surface area contributed by atoms with Crippen molar-refractivity contribution in [3.05, 3.63) is 21.4 Å². The molecule has 0 bridgehead atoms. The van der Waals surface area contributed by atoms with Crippen molar-refractivity contribution in [1.82, 2.24) is 5.32 Å². The van der Waals surface area contributed by atoms with Crippen LogP contribution >= 0.6 is 23.1 Å². The highest BCUT2D eigenvalue weighted by Crippen LogP contribution is 2.36. The van der Waals surface area contributed by atoms with Gasteiger partial charge in [-0.2, -0.15) is 11.8 Å². The molecule has 4 heteroatoms. The van der Waals surface area contributed by atoms with Crippen LogP contribution in [0.4, 0.5) is 0 Å². The van der Waals surface area contributed by atoms with Crippen molar-refractivity contribution in [2.75, 3.05) is 19.4 Å². The van der Waals surface area contributed by atoms with Crippen molar-refractivity contribution in [2.24, 2.45) is 0 Å². The van der Waals surface area contributed by atoms with Gasteiger partial charge in [-0.3, -0.25) is 0 Å². The molecule has 1 aliphatic heterocycles. The van der Waals surface area contributed by atoms with Crippen LogP contribution in [-0.4, -0.2) is 25.0 Å². The molecule has 1 aliphatic rings. The highest BCUT2D eigenvalue weighted by Gasteiger charge is 2.23. The zero-order valence-electron chi connectivity index (χ0n) is 13.8. The lowest BCUT2D eigenvalue weighted by Crippen LogP contribution is -2.27. The predicted molar refractivity (Wildman–Crippen MR) is 95.5 cm³/mol. The number of fused-ring (bicyclic) bond motifs is 1. The molecule has 1 aromatic rings. The third kappa shape index (κ3) is 4.98. The maximum absolute atomic E-state index is 5.58. The summed E-state index contributed by atoms with van der Waals surface area (Å²) in [5.41, 5.74) is 1.55. The normalized spacial score (nSPS) is 16.8. The summed E-state index contributed by atoms with van der Waals surface area (Å²) in [6, 6.07) is 2.94. The third-order valence-electron chi connectivity index (χ3n) is 4.22. The lowest BCUT2D eigenvalue weighted by molar-refractivity contribution is 0.0117. The number of aryl methyl sites for hydroxylation is 1. The Hall–Kier alpha value is -0.0300. The van der Waals surface area contributed by atoms with Gasteiger partial charge in [0.1, 0.15) is 0 Å². The number of methoxy groups -OCH3 is 1. The van der Waals surface area contributed by atoms with Gasteiger partial charge in [-0.25, -0.2) is 0 Å². The Morgan fingerprint density at radius 2 is 2.24 bits per heavy atom. The first-order valence-electron chi connectivity index (χ1n) is 8.03. The summed E-state index contributed by atoms with van der Waals surface area (Å²) >= 11 is 4.10. The molecule has 2 rings (SSSR count). The molecule has 0 saturated carbocycles. The molecule has 1 N–H and O–H groups in total. The minimum absolute atomic E-state index is 0.0289. The Morgan fingerprint density at radius 3 is 2.90 bits per heavy atom. The van der Waals surface area contributed by atoms with Gasteiger partial charge in [-0.05, 0) is 63.5 Å². The summed E-state index contributed by atoms with van der Waals surface area (Å²) in [6.45, 7) is 7.69. The van der Waals surface area contributed by atoms with E-state index >= 15 is 0 Å². The second kappa shape index (κ2) is 8.00. The molecular formula is C17H29NOS2. The Labute approximate surface area is 138 Å². The molecule has 1 aromatic heterocycles. The van der Waals surface area contributed by atoms with Crippen molar-refractivity contribution >= 4 is 23.1 Å². The smallest absolute Gasteiger partial charge is 0.0623 e. The number of rotatable bonds is 8. The number of ether oxygens (including phenoxy) is 1. The van der Waals surface area contributed by atoms with E-state index in [9.17, 15) is 0 Å². The van der Waals surface area contributed by atoms with Crippen LogP contribution in [0.5, 0.6) is 0 Å². The van der Waals surface area contributed by atoms with E-state index in [1.165, 1.54) is 29.2 Å². The van der Waals surface area contributed by atoms with Crippen LogP contribution < -0.4 is 5.32 Å². The van der Waals surface area contributed by atoms with E-state index in [1.807, 2.05) is 18.4 Å². The van der Waals surface area contributed by atoms with Crippen LogP contribution in [0.2, 0.25) is 0 Å². The minimum atomic E-state index is -0.0289. The minimum Gasteiger partial charge on any atom is -0.379 e. The van der Waals surface area contributed by atoms with Gasteiger partial charge < -0.3 is 10.1 Å². The van der Waals surface area contributed by atoms with Crippen molar-refractivity contribution in [1.29, 1.82) is 0 Å². The number of thiophene rings is 1. The molecule has 1 unspecified atom stereocenters. The monoisotopic (exact) mass is 327 g/mol. The number of hydrogen-bond donors (Lipinski definition) is 1. The van der Waals surface area contributed by atoms with Crippen LogP contribution in [0, 0.1) is 0 Å². The summed E-state index contributed by atoms with van der Waals surface area (Å²) in [6.07, 6.45) is 4.68. The molecule has 0 aromatic carbocycles. The molecule has 0 amide bonds. The van der Waals surface area contributed by atoms with Crippen LogP contribution in [0.3, 0.4) is 0 Å². The fourth-order valence-electron chi connectivity index (χ4n) is 2.60.